The van der Waals surface area contributed by atoms with E-state index in [9.17, 15) is 14.7 Å². The van der Waals surface area contributed by atoms with E-state index in [-0.39, 0.29) is 37.1 Å². The number of nitrogens with one attached hydrogen (secondary N) is 2. The van der Waals surface area contributed by atoms with Crippen LogP contribution in [0.3, 0.4) is 0 Å². The Morgan fingerprint density at radius 1 is 1.19 bits per heavy atom. The first-order valence-corrected chi connectivity index (χ1v) is 13.9. The number of hydrogen-bond donors (Lipinski definition) is 3. The molecule has 2 aromatic carbocycles. The lowest BCUT2D eigenvalue weighted by molar-refractivity contribution is 0.0343. The highest BCUT2D eigenvalue weighted by Gasteiger charge is 2.34. The maximum Gasteiger partial charge on any atom is 0.323 e. The first kappa shape index (κ1) is 29.2. The number of para-hydroxylation sites is 1. The summed E-state index contributed by atoms with van der Waals surface area (Å²) < 4.78 is 22.7. The van der Waals surface area contributed by atoms with Crippen molar-refractivity contribution in [2.45, 2.75) is 46.4 Å². The number of aromatic nitrogens is 1. The van der Waals surface area contributed by atoms with Crippen LogP contribution in [0.2, 0.25) is 0 Å². The van der Waals surface area contributed by atoms with Crippen molar-refractivity contribution < 1.29 is 33.4 Å². The molecule has 0 saturated carbocycles. The van der Waals surface area contributed by atoms with Gasteiger partial charge in [0.2, 0.25) is 6.79 Å². The van der Waals surface area contributed by atoms with Gasteiger partial charge in [-0.3, -0.25) is 9.69 Å². The maximum absolute atomic E-state index is 13.7. The number of carbonyl (C=O) groups is 2. The number of benzene rings is 2. The van der Waals surface area contributed by atoms with Crippen molar-refractivity contribution >= 4 is 23.3 Å². The number of rotatable bonds is 8. The van der Waals surface area contributed by atoms with Gasteiger partial charge < -0.3 is 39.4 Å². The topological polar surface area (TPSA) is 139 Å². The molecule has 3 aromatic rings. The van der Waals surface area contributed by atoms with Gasteiger partial charge in [-0.05, 0) is 57.6 Å². The number of aryl methyl sites for hydroxylation is 2. The summed E-state index contributed by atoms with van der Waals surface area (Å²) in [6, 6.07) is 10.0. The fraction of sp³-hybridized carbons (Fsp3) is 0.433. The van der Waals surface area contributed by atoms with E-state index in [4.69, 9.17) is 18.7 Å². The number of nitrogens with zero attached hydrogens (tertiary/aromatic N) is 3. The molecule has 12 heteroatoms. The fourth-order valence-electron chi connectivity index (χ4n) is 5.21. The minimum Gasteiger partial charge on any atom is -0.486 e. The van der Waals surface area contributed by atoms with E-state index < -0.39 is 12.1 Å². The number of hydrogen-bond acceptors (Lipinski definition) is 9. The van der Waals surface area contributed by atoms with Crippen LogP contribution in [-0.2, 0) is 6.54 Å². The summed E-state index contributed by atoms with van der Waals surface area (Å²) in [4.78, 5) is 30.6. The van der Waals surface area contributed by atoms with Crippen LogP contribution in [0.1, 0.15) is 41.2 Å². The molecule has 0 bridgehead atoms. The average Bonchev–Trinajstić information content (AvgIpc) is 3.56. The first-order valence-electron chi connectivity index (χ1n) is 13.9. The molecule has 12 nitrogen and oxygen atoms in total. The Labute approximate surface area is 244 Å². The number of urea groups is 1. The Bertz CT molecular complexity index is 1440. The monoisotopic (exact) mass is 579 g/mol. The van der Waals surface area contributed by atoms with Crippen molar-refractivity contribution in [3.63, 3.8) is 0 Å². The van der Waals surface area contributed by atoms with Gasteiger partial charge in [0.15, 0.2) is 23.0 Å². The van der Waals surface area contributed by atoms with Crippen LogP contribution in [0.5, 0.6) is 17.2 Å². The van der Waals surface area contributed by atoms with Gasteiger partial charge in [0, 0.05) is 25.6 Å². The molecule has 5 rings (SSSR count). The molecule has 3 amide bonds. The number of aliphatic hydroxyl groups excluding tert-OH is 1. The van der Waals surface area contributed by atoms with Gasteiger partial charge in [-0.2, -0.15) is 0 Å². The highest BCUT2D eigenvalue weighted by Crippen LogP contribution is 2.36. The number of carbonyl (C=O) groups excluding carboxylic acids is 2. The first-order chi connectivity index (χ1) is 20.1. The van der Waals surface area contributed by atoms with Crippen molar-refractivity contribution in [2.75, 3.05) is 44.2 Å². The van der Waals surface area contributed by atoms with Crippen LogP contribution in [0.15, 0.2) is 40.9 Å². The highest BCUT2D eigenvalue weighted by atomic mass is 16.7. The summed E-state index contributed by atoms with van der Waals surface area (Å²) in [7, 11) is 2.00. The standard InChI is InChI=1S/C30H37N5O7/c1-17-12-35(18(2)15-36)29(37)22-7-6-8-23(31-30(38)32-27-19(3)33-42-20(27)4)28(22)41-26(17)14-34(5)13-21-9-10-24-25(11-21)40-16-39-24/h6-11,17-18,26,36H,12-16H2,1-5H3,(H2,31,32,38)/t17-,18-,26+/m0/s1. The third-order valence-corrected chi connectivity index (χ3v) is 7.59. The predicted molar refractivity (Wildman–Crippen MR) is 155 cm³/mol. The summed E-state index contributed by atoms with van der Waals surface area (Å²) in [5, 5.41) is 19.4. The van der Waals surface area contributed by atoms with Crippen LogP contribution in [-0.4, -0.2) is 77.7 Å². The van der Waals surface area contributed by atoms with Crippen LogP contribution < -0.4 is 24.8 Å². The second-order valence-corrected chi connectivity index (χ2v) is 11.0. The summed E-state index contributed by atoms with van der Waals surface area (Å²) >= 11 is 0. The largest absolute Gasteiger partial charge is 0.486 e. The Morgan fingerprint density at radius 3 is 2.71 bits per heavy atom. The molecular formula is C30H37N5O7. The van der Waals surface area contributed by atoms with Gasteiger partial charge in [0.25, 0.3) is 5.91 Å². The zero-order chi connectivity index (χ0) is 30.0. The van der Waals surface area contributed by atoms with Crippen molar-refractivity contribution in [1.29, 1.82) is 0 Å². The Kier molecular flexibility index (Phi) is 8.55. The number of amides is 3. The van der Waals surface area contributed by atoms with E-state index in [2.05, 4.69) is 20.7 Å². The third kappa shape index (κ3) is 6.14. The minimum atomic E-state index is -0.527. The molecule has 0 radical (unpaired) electrons. The molecule has 0 saturated heterocycles. The molecule has 224 valence electrons. The number of fused-ring (bicyclic) bond motifs is 2. The van der Waals surface area contributed by atoms with E-state index in [1.54, 1.807) is 36.9 Å². The number of likely N-dealkylation sites (N-methyl/N-ethyl adjacent to an activating group) is 1. The Balaban J connectivity index is 1.41. The Morgan fingerprint density at radius 2 is 1.98 bits per heavy atom. The lowest BCUT2D eigenvalue weighted by Crippen LogP contribution is -2.49. The van der Waals surface area contributed by atoms with Crippen molar-refractivity contribution in [3.05, 3.63) is 59.0 Å². The summed E-state index contributed by atoms with van der Waals surface area (Å²) in [6.45, 7) is 8.87. The van der Waals surface area contributed by atoms with Gasteiger partial charge >= 0.3 is 6.03 Å². The molecule has 0 unspecified atom stereocenters. The molecule has 3 heterocycles. The number of anilines is 2. The fourth-order valence-corrected chi connectivity index (χ4v) is 5.21. The van der Waals surface area contributed by atoms with Crippen LogP contribution in [0.4, 0.5) is 16.2 Å². The number of ether oxygens (including phenoxy) is 3. The van der Waals surface area contributed by atoms with E-state index >= 15 is 0 Å². The second kappa shape index (κ2) is 12.3. The molecule has 0 fully saturated rings. The molecule has 1 aromatic heterocycles. The lowest BCUT2D eigenvalue weighted by atomic mass is 9.99. The molecule has 2 aliphatic rings. The normalized spacial score (nSPS) is 18.6. The SMILES string of the molecule is Cc1noc(C)c1NC(=O)Nc1cccc2c1O[C@H](CN(C)Cc1ccc3c(c1)OCO3)[C@@H](C)CN([C@@H](C)CO)C2=O. The molecule has 3 N–H and O–H groups in total. The van der Waals surface area contributed by atoms with E-state index in [0.717, 1.165) is 17.1 Å². The van der Waals surface area contributed by atoms with E-state index in [0.29, 0.717) is 48.0 Å². The van der Waals surface area contributed by atoms with Crippen molar-refractivity contribution in [2.24, 2.45) is 5.92 Å². The molecule has 42 heavy (non-hydrogen) atoms. The van der Waals surface area contributed by atoms with Crippen LogP contribution >= 0.6 is 0 Å². The lowest BCUT2D eigenvalue weighted by Gasteiger charge is -2.38. The average molecular weight is 580 g/mol. The van der Waals surface area contributed by atoms with Crippen LogP contribution in [0, 0.1) is 19.8 Å². The zero-order valence-electron chi connectivity index (χ0n) is 24.5. The molecule has 2 aliphatic heterocycles. The summed E-state index contributed by atoms with van der Waals surface area (Å²) in [6.07, 6.45) is -0.349. The second-order valence-electron chi connectivity index (χ2n) is 11.0. The van der Waals surface area contributed by atoms with Crippen molar-refractivity contribution in [1.82, 2.24) is 15.0 Å². The molecule has 3 atom stereocenters. The van der Waals surface area contributed by atoms with E-state index in [1.807, 2.05) is 39.1 Å². The van der Waals surface area contributed by atoms with Gasteiger partial charge in [-0.1, -0.05) is 24.2 Å². The van der Waals surface area contributed by atoms with Crippen LogP contribution in [0.25, 0.3) is 0 Å². The van der Waals surface area contributed by atoms with Gasteiger partial charge in [-0.15, -0.1) is 0 Å². The maximum atomic E-state index is 13.7. The number of aliphatic hydroxyl groups is 1. The van der Waals surface area contributed by atoms with Gasteiger partial charge in [0.1, 0.15) is 17.5 Å². The molecule has 0 spiro atoms. The Hall–Kier alpha value is -4.29. The predicted octanol–water partition coefficient (Wildman–Crippen LogP) is 4.02. The minimum absolute atomic E-state index is 0.0977. The molecule has 0 aliphatic carbocycles. The quantitative estimate of drug-likeness (QED) is 0.361. The summed E-state index contributed by atoms with van der Waals surface area (Å²) in [5.74, 6) is 1.84. The highest BCUT2D eigenvalue weighted by molar-refractivity contribution is 6.04. The van der Waals surface area contributed by atoms with E-state index in [1.165, 1.54) is 0 Å². The van der Waals surface area contributed by atoms with Crippen molar-refractivity contribution in [3.8, 4) is 17.2 Å². The van der Waals surface area contributed by atoms with Gasteiger partial charge in [-0.25, -0.2) is 4.79 Å². The third-order valence-electron chi connectivity index (χ3n) is 7.59. The van der Waals surface area contributed by atoms with Gasteiger partial charge in [0.05, 0.1) is 23.9 Å². The summed E-state index contributed by atoms with van der Waals surface area (Å²) in [5.41, 5.74) is 2.73. The molecular weight excluding hydrogens is 542 g/mol. The smallest absolute Gasteiger partial charge is 0.323 e. The zero-order valence-corrected chi connectivity index (χ0v) is 24.5.